The molecule has 1 N–H and O–H groups in total. The lowest BCUT2D eigenvalue weighted by Gasteiger charge is -2.27. The van der Waals surface area contributed by atoms with Gasteiger partial charge in [0.15, 0.2) is 0 Å². The fourth-order valence-corrected chi connectivity index (χ4v) is 5.40. The molecular formula is C26H28N4O2S. The molecule has 1 atom stereocenters. The van der Waals surface area contributed by atoms with E-state index in [-0.39, 0.29) is 17.7 Å². The van der Waals surface area contributed by atoms with E-state index in [9.17, 15) is 9.59 Å². The Morgan fingerprint density at radius 2 is 2.06 bits per heavy atom. The molecule has 1 aliphatic rings. The molecule has 33 heavy (non-hydrogen) atoms. The minimum Gasteiger partial charge on any atom is -0.337 e. The van der Waals surface area contributed by atoms with Gasteiger partial charge in [0.05, 0.1) is 13.0 Å². The third-order valence-corrected chi connectivity index (χ3v) is 7.05. The Bertz CT molecular complexity index is 1140. The van der Waals surface area contributed by atoms with E-state index in [2.05, 4.69) is 22.2 Å². The normalized spacial score (nSPS) is 14.2. The zero-order valence-corrected chi connectivity index (χ0v) is 19.8. The highest BCUT2D eigenvalue weighted by molar-refractivity contribution is 7.16. The molecule has 0 bridgehead atoms. The summed E-state index contributed by atoms with van der Waals surface area (Å²) in [5.74, 6) is 0.208. The van der Waals surface area contributed by atoms with Gasteiger partial charge in [0.1, 0.15) is 5.00 Å². The number of aromatic nitrogens is 1. The Labute approximate surface area is 198 Å². The van der Waals surface area contributed by atoms with E-state index in [0.717, 1.165) is 33.0 Å². The molecule has 0 fully saturated rings. The van der Waals surface area contributed by atoms with E-state index in [4.69, 9.17) is 0 Å². The zero-order valence-electron chi connectivity index (χ0n) is 19.0. The van der Waals surface area contributed by atoms with E-state index in [1.165, 1.54) is 5.56 Å². The first-order valence-electron chi connectivity index (χ1n) is 11.1. The fraction of sp³-hybridized carbons (Fsp3) is 0.308. The number of carbonyl (C=O) groups excluding carboxylic acids is 2. The van der Waals surface area contributed by atoms with Crippen LogP contribution in [0, 0.1) is 0 Å². The molecule has 0 aliphatic carbocycles. The number of nitrogens with one attached hydrogen (secondary N) is 1. The predicted molar refractivity (Wildman–Crippen MR) is 133 cm³/mol. The summed E-state index contributed by atoms with van der Waals surface area (Å²) in [6.07, 6.45) is 6.77. The number of nitrogens with zero attached hydrogens (tertiary/aromatic N) is 3. The number of rotatable bonds is 7. The lowest BCUT2D eigenvalue weighted by atomic mass is 9.97. The third-order valence-electron chi connectivity index (χ3n) is 5.90. The number of carbonyl (C=O) groups is 2. The summed E-state index contributed by atoms with van der Waals surface area (Å²) in [7, 11) is 1.74. The van der Waals surface area contributed by atoms with Crippen LogP contribution in [0.1, 0.15) is 46.4 Å². The maximum absolute atomic E-state index is 12.8. The summed E-state index contributed by atoms with van der Waals surface area (Å²) in [5.41, 5.74) is 4.22. The predicted octanol–water partition coefficient (Wildman–Crippen LogP) is 4.45. The summed E-state index contributed by atoms with van der Waals surface area (Å²) in [4.78, 5) is 37.0. The quantitative estimate of drug-likeness (QED) is 0.529. The highest BCUT2D eigenvalue weighted by Crippen LogP contribution is 2.36. The molecule has 7 heteroatoms. The van der Waals surface area contributed by atoms with E-state index in [0.29, 0.717) is 25.9 Å². The highest BCUT2D eigenvalue weighted by atomic mass is 32.1. The molecule has 6 nitrogen and oxygen atoms in total. The standard InChI is InChI=1S/C26H28N4O2S/c1-18(20-8-4-3-5-9-20)13-24(31)29-26-22(16-27-2)21-10-12-30(17-23(21)33-26)25(32)14-19-7-6-11-28-15-19/h3-9,11,15-16,18H,10,12-14,17H2,1-2H3,(H,29,31). The van der Waals surface area contributed by atoms with Gasteiger partial charge in [0.25, 0.3) is 0 Å². The molecule has 0 saturated heterocycles. The van der Waals surface area contributed by atoms with E-state index < -0.39 is 0 Å². The number of hydrogen-bond acceptors (Lipinski definition) is 5. The van der Waals surface area contributed by atoms with Crippen molar-refractivity contribution in [2.75, 3.05) is 18.9 Å². The Morgan fingerprint density at radius 3 is 2.79 bits per heavy atom. The molecule has 1 aromatic carbocycles. The van der Waals surface area contributed by atoms with Crippen molar-refractivity contribution >= 4 is 34.4 Å². The van der Waals surface area contributed by atoms with Crippen molar-refractivity contribution < 1.29 is 9.59 Å². The Balaban J connectivity index is 1.46. The van der Waals surface area contributed by atoms with Gasteiger partial charge in [0, 0.05) is 49.1 Å². The molecule has 0 spiro atoms. The van der Waals surface area contributed by atoms with Gasteiger partial charge in [-0.05, 0) is 35.1 Å². The second kappa shape index (κ2) is 10.5. The average molecular weight is 461 g/mol. The number of amides is 2. The van der Waals surface area contributed by atoms with Crippen molar-refractivity contribution in [3.05, 3.63) is 82.0 Å². The molecule has 1 unspecified atom stereocenters. The van der Waals surface area contributed by atoms with Crippen molar-refractivity contribution in [3.63, 3.8) is 0 Å². The van der Waals surface area contributed by atoms with Crippen molar-refractivity contribution in [1.82, 2.24) is 9.88 Å². The molecule has 3 aromatic rings. The number of pyridine rings is 1. The number of thiophene rings is 1. The van der Waals surface area contributed by atoms with Gasteiger partial charge in [-0.2, -0.15) is 0 Å². The first-order valence-corrected chi connectivity index (χ1v) is 11.9. The van der Waals surface area contributed by atoms with Crippen LogP contribution in [-0.2, 0) is 29.0 Å². The van der Waals surface area contributed by atoms with Gasteiger partial charge in [-0.15, -0.1) is 11.3 Å². The minimum absolute atomic E-state index is 0.0137. The SMILES string of the molecule is CN=Cc1c(NC(=O)CC(C)c2ccccc2)sc2c1CCN(C(=O)Cc1cccnc1)C2. The largest absolute Gasteiger partial charge is 0.337 e. The molecule has 1 aliphatic heterocycles. The topological polar surface area (TPSA) is 74.7 Å². The van der Waals surface area contributed by atoms with Crippen LogP contribution in [0.5, 0.6) is 0 Å². The van der Waals surface area contributed by atoms with E-state index in [1.54, 1.807) is 30.8 Å². The maximum Gasteiger partial charge on any atom is 0.227 e. The first-order chi connectivity index (χ1) is 16.0. The second-order valence-electron chi connectivity index (χ2n) is 8.30. The molecule has 4 rings (SSSR count). The van der Waals surface area contributed by atoms with Gasteiger partial charge in [-0.3, -0.25) is 19.6 Å². The zero-order chi connectivity index (χ0) is 23.2. The molecule has 2 amide bonds. The van der Waals surface area contributed by atoms with Crippen molar-refractivity contribution in [3.8, 4) is 0 Å². The van der Waals surface area contributed by atoms with Crippen LogP contribution in [0.2, 0.25) is 0 Å². The monoisotopic (exact) mass is 460 g/mol. The Morgan fingerprint density at radius 1 is 1.24 bits per heavy atom. The van der Waals surface area contributed by atoms with Crippen molar-refractivity contribution in [1.29, 1.82) is 0 Å². The third kappa shape index (κ3) is 5.54. The molecule has 3 heterocycles. The fourth-order valence-electron chi connectivity index (χ4n) is 4.14. The van der Waals surface area contributed by atoms with Gasteiger partial charge in [-0.1, -0.05) is 43.3 Å². The summed E-state index contributed by atoms with van der Waals surface area (Å²) in [6, 6.07) is 13.8. The number of benzene rings is 1. The summed E-state index contributed by atoms with van der Waals surface area (Å²) in [6.45, 7) is 3.28. The summed E-state index contributed by atoms with van der Waals surface area (Å²) < 4.78 is 0. The van der Waals surface area contributed by atoms with Gasteiger partial charge < -0.3 is 10.2 Å². The molecule has 0 saturated carbocycles. The van der Waals surface area contributed by atoms with Crippen LogP contribution in [0.4, 0.5) is 5.00 Å². The number of anilines is 1. The number of fused-ring (bicyclic) bond motifs is 1. The Kier molecular flexibility index (Phi) is 7.29. The van der Waals surface area contributed by atoms with E-state index >= 15 is 0 Å². The lowest BCUT2D eigenvalue weighted by Crippen LogP contribution is -2.36. The lowest BCUT2D eigenvalue weighted by molar-refractivity contribution is -0.131. The van der Waals surface area contributed by atoms with Crippen LogP contribution < -0.4 is 5.32 Å². The Hall–Kier alpha value is -3.32. The number of hydrogen-bond donors (Lipinski definition) is 1. The molecular weight excluding hydrogens is 432 g/mol. The first kappa shape index (κ1) is 22.9. The van der Waals surface area contributed by atoms with Gasteiger partial charge in [0.2, 0.25) is 11.8 Å². The average Bonchev–Trinajstić information content (AvgIpc) is 3.16. The second-order valence-corrected chi connectivity index (χ2v) is 9.41. The minimum atomic E-state index is -0.0137. The summed E-state index contributed by atoms with van der Waals surface area (Å²) >= 11 is 1.55. The molecule has 170 valence electrons. The van der Waals surface area contributed by atoms with Gasteiger partial charge in [-0.25, -0.2) is 0 Å². The van der Waals surface area contributed by atoms with Crippen LogP contribution in [0.3, 0.4) is 0 Å². The maximum atomic E-state index is 12.8. The van der Waals surface area contributed by atoms with E-state index in [1.807, 2.05) is 53.6 Å². The van der Waals surface area contributed by atoms with Gasteiger partial charge >= 0.3 is 0 Å². The highest BCUT2D eigenvalue weighted by Gasteiger charge is 2.27. The van der Waals surface area contributed by atoms with Crippen molar-refractivity contribution in [2.24, 2.45) is 4.99 Å². The smallest absolute Gasteiger partial charge is 0.227 e. The van der Waals surface area contributed by atoms with Crippen LogP contribution >= 0.6 is 11.3 Å². The summed E-state index contributed by atoms with van der Waals surface area (Å²) in [5, 5.41) is 3.93. The van der Waals surface area contributed by atoms with Crippen LogP contribution in [0.25, 0.3) is 0 Å². The van der Waals surface area contributed by atoms with Crippen molar-refractivity contribution in [2.45, 2.75) is 38.6 Å². The van der Waals surface area contributed by atoms with Crippen LogP contribution in [-0.4, -0.2) is 41.5 Å². The molecule has 0 radical (unpaired) electrons. The molecule has 2 aromatic heterocycles. The number of aliphatic imine (C=N–C) groups is 1. The van der Waals surface area contributed by atoms with Crippen LogP contribution in [0.15, 0.2) is 59.9 Å².